The molecular weight excluding hydrogens is 385 g/mol. The summed E-state index contributed by atoms with van der Waals surface area (Å²) in [5, 5.41) is 2.87. The molecule has 1 saturated heterocycles. The van der Waals surface area contributed by atoms with E-state index in [1.165, 1.54) is 0 Å². The van der Waals surface area contributed by atoms with E-state index in [1.54, 1.807) is 12.1 Å². The van der Waals surface area contributed by atoms with Crippen LogP contribution < -0.4 is 10.9 Å². The van der Waals surface area contributed by atoms with Gasteiger partial charge in [0, 0.05) is 43.7 Å². The number of alkyl halides is 3. The predicted molar refractivity (Wildman–Crippen MR) is 100 cm³/mol. The van der Waals surface area contributed by atoms with Gasteiger partial charge in [-0.3, -0.25) is 14.5 Å². The molecule has 0 aromatic carbocycles. The second-order valence-electron chi connectivity index (χ2n) is 6.91. The summed E-state index contributed by atoms with van der Waals surface area (Å²) in [6, 6.07) is 5.38. The number of hydrogen-bond donors (Lipinski definition) is 1. The van der Waals surface area contributed by atoms with Crippen LogP contribution in [0.4, 0.5) is 0 Å². The normalized spacial score (nSPS) is 24.5. The van der Waals surface area contributed by atoms with Gasteiger partial charge in [-0.2, -0.15) is 0 Å². The maximum atomic E-state index is 12.1. The molecule has 2 aliphatic heterocycles. The van der Waals surface area contributed by atoms with Crippen molar-refractivity contribution in [2.75, 3.05) is 13.1 Å². The van der Waals surface area contributed by atoms with Crippen molar-refractivity contribution < 1.29 is 4.79 Å². The van der Waals surface area contributed by atoms with Crippen molar-refractivity contribution in [3.63, 3.8) is 0 Å². The number of likely N-dealkylation sites (tertiary alicyclic amines) is 1. The molecule has 3 atom stereocenters. The summed E-state index contributed by atoms with van der Waals surface area (Å²) in [7, 11) is 0. The molecule has 0 aliphatic carbocycles. The van der Waals surface area contributed by atoms with Crippen molar-refractivity contribution in [1.82, 2.24) is 14.8 Å². The van der Waals surface area contributed by atoms with Crippen LogP contribution in [0.2, 0.25) is 0 Å². The van der Waals surface area contributed by atoms with Gasteiger partial charge in [0.1, 0.15) is 6.17 Å². The van der Waals surface area contributed by atoms with Gasteiger partial charge in [0.05, 0.1) is 0 Å². The molecule has 3 rings (SSSR count). The molecule has 0 radical (unpaired) electrons. The minimum absolute atomic E-state index is 0.0369. The van der Waals surface area contributed by atoms with Gasteiger partial charge >= 0.3 is 0 Å². The number of amides is 1. The molecule has 25 heavy (non-hydrogen) atoms. The van der Waals surface area contributed by atoms with Crippen LogP contribution in [-0.2, 0) is 11.3 Å². The molecule has 2 aliphatic rings. The topological polar surface area (TPSA) is 54.3 Å². The van der Waals surface area contributed by atoms with Crippen LogP contribution in [-0.4, -0.2) is 38.4 Å². The van der Waals surface area contributed by atoms with Gasteiger partial charge in [-0.05, 0) is 24.8 Å². The van der Waals surface area contributed by atoms with Gasteiger partial charge in [-0.25, -0.2) is 0 Å². The molecule has 2 bridgehead atoms. The van der Waals surface area contributed by atoms with Gasteiger partial charge in [0.2, 0.25) is 9.70 Å². The van der Waals surface area contributed by atoms with Gasteiger partial charge in [-0.15, -0.1) is 0 Å². The van der Waals surface area contributed by atoms with E-state index in [4.69, 9.17) is 34.8 Å². The fraction of sp³-hybridized carbons (Fsp3) is 0.647. The molecule has 3 heterocycles. The highest BCUT2D eigenvalue weighted by atomic mass is 35.6. The fourth-order valence-corrected chi connectivity index (χ4v) is 4.55. The van der Waals surface area contributed by atoms with Crippen LogP contribution in [0, 0.1) is 5.92 Å². The van der Waals surface area contributed by atoms with Crippen molar-refractivity contribution in [3.05, 3.63) is 34.2 Å². The number of pyridine rings is 1. The summed E-state index contributed by atoms with van der Waals surface area (Å²) >= 11 is 18.5. The Bertz CT molecular complexity index is 701. The number of piperidine rings is 1. The second kappa shape index (κ2) is 7.47. The summed E-state index contributed by atoms with van der Waals surface area (Å²) in [5.74, 6) is 0.370. The van der Waals surface area contributed by atoms with Gasteiger partial charge < -0.3 is 9.88 Å². The van der Waals surface area contributed by atoms with E-state index >= 15 is 0 Å². The quantitative estimate of drug-likeness (QED) is 0.782. The van der Waals surface area contributed by atoms with Crippen LogP contribution in [0.3, 0.4) is 0 Å². The zero-order valence-corrected chi connectivity index (χ0v) is 16.3. The minimum atomic E-state index is -1.62. The minimum Gasteiger partial charge on any atom is -0.337 e. The number of halogens is 3. The third-order valence-electron chi connectivity index (χ3n) is 4.96. The lowest BCUT2D eigenvalue weighted by Crippen LogP contribution is -2.60. The van der Waals surface area contributed by atoms with Gasteiger partial charge in [0.15, 0.2) is 0 Å². The first-order valence-corrected chi connectivity index (χ1v) is 9.73. The molecule has 1 fully saturated rings. The summed E-state index contributed by atoms with van der Waals surface area (Å²) in [5.41, 5.74) is 1.06. The van der Waals surface area contributed by atoms with Crippen LogP contribution in [0.5, 0.6) is 0 Å². The molecular formula is C17H22Cl3N3O2. The highest BCUT2D eigenvalue weighted by molar-refractivity contribution is 6.68. The Morgan fingerprint density at radius 2 is 2.08 bits per heavy atom. The first-order valence-electron chi connectivity index (χ1n) is 8.59. The first kappa shape index (κ1) is 19.0. The Kier molecular flexibility index (Phi) is 5.69. The molecule has 1 aromatic rings. The SMILES string of the molecule is CCCC(=O)N[C@@H](N1C[C@H]2C[C@@H](C1)c1cccc(=O)n1C2)C(Cl)(Cl)Cl. The molecule has 0 saturated carbocycles. The molecule has 138 valence electrons. The smallest absolute Gasteiger partial charge is 0.250 e. The molecule has 8 heteroatoms. The standard InChI is InChI=1S/C17H22Cl3N3O2/c1-2-4-14(24)21-16(17(18,19)20)22-8-11-7-12(10-22)13-5-3-6-15(25)23(13)9-11/h3,5-6,11-12,16H,2,4,7-10H2,1H3,(H,21,24)/t11-,12+,16+/m1/s1. The maximum Gasteiger partial charge on any atom is 0.250 e. The van der Waals surface area contributed by atoms with Crippen molar-refractivity contribution >= 4 is 40.7 Å². The lowest BCUT2D eigenvalue weighted by atomic mass is 9.83. The van der Waals surface area contributed by atoms with E-state index < -0.39 is 9.96 Å². The van der Waals surface area contributed by atoms with E-state index in [9.17, 15) is 9.59 Å². The van der Waals surface area contributed by atoms with E-state index in [-0.39, 0.29) is 17.4 Å². The highest BCUT2D eigenvalue weighted by Gasteiger charge is 2.44. The van der Waals surface area contributed by atoms with Crippen molar-refractivity contribution in [3.8, 4) is 0 Å². The summed E-state index contributed by atoms with van der Waals surface area (Å²) in [6.45, 7) is 3.93. The van der Waals surface area contributed by atoms with Crippen molar-refractivity contribution in [2.45, 2.75) is 48.6 Å². The number of nitrogens with zero attached hydrogens (tertiary/aromatic N) is 2. The molecule has 1 N–H and O–H groups in total. The zero-order valence-electron chi connectivity index (χ0n) is 14.1. The lowest BCUT2D eigenvalue weighted by molar-refractivity contribution is -0.123. The van der Waals surface area contributed by atoms with Crippen LogP contribution >= 0.6 is 34.8 Å². The molecule has 0 unspecified atom stereocenters. The maximum absolute atomic E-state index is 12.1. The fourth-order valence-electron chi connectivity index (χ4n) is 3.98. The van der Waals surface area contributed by atoms with E-state index in [1.807, 2.05) is 22.5 Å². The summed E-state index contributed by atoms with van der Waals surface area (Å²) < 4.78 is 0.238. The van der Waals surface area contributed by atoms with Crippen LogP contribution in [0.15, 0.2) is 23.0 Å². The number of fused-ring (bicyclic) bond motifs is 4. The number of carbonyl (C=O) groups excluding carboxylic acids is 1. The Morgan fingerprint density at radius 1 is 1.32 bits per heavy atom. The zero-order chi connectivity index (χ0) is 18.2. The third-order valence-corrected chi connectivity index (χ3v) is 5.58. The van der Waals surface area contributed by atoms with E-state index in [0.717, 1.165) is 18.5 Å². The Balaban J connectivity index is 1.84. The molecule has 1 aromatic heterocycles. The number of carbonyl (C=O) groups is 1. The Morgan fingerprint density at radius 3 is 2.76 bits per heavy atom. The number of rotatable bonds is 4. The van der Waals surface area contributed by atoms with E-state index in [0.29, 0.717) is 32.0 Å². The molecule has 0 spiro atoms. The number of hydrogen-bond acceptors (Lipinski definition) is 3. The van der Waals surface area contributed by atoms with Crippen molar-refractivity contribution in [1.29, 1.82) is 0 Å². The molecule has 1 amide bonds. The second-order valence-corrected chi connectivity index (χ2v) is 9.28. The Hall–Kier alpha value is -0.750. The lowest BCUT2D eigenvalue weighted by Gasteiger charge is -2.47. The van der Waals surface area contributed by atoms with Gasteiger partial charge in [-0.1, -0.05) is 47.8 Å². The summed E-state index contributed by atoms with van der Waals surface area (Å²) in [4.78, 5) is 26.2. The van der Waals surface area contributed by atoms with Crippen LogP contribution in [0.25, 0.3) is 0 Å². The number of nitrogens with one attached hydrogen (secondary N) is 1. The van der Waals surface area contributed by atoms with Crippen LogP contribution in [0.1, 0.15) is 37.8 Å². The van der Waals surface area contributed by atoms with Gasteiger partial charge in [0.25, 0.3) is 5.56 Å². The molecule has 5 nitrogen and oxygen atoms in total. The highest BCUT2D eigenvalue weighted by Crippen LogP contribution is 2.39. The monoisotopic (exact) mass is 405 g/mol. The first-order chi connectivity index (χ1) is 11.8. The Labute approximate surface area is 162 Å². The summed E-state index contributed by atoms with van der Waals surface area (Å²) in [6.07, 6.45) is 1.47. The van der Waals surface area contributed by atoms with Crippen molar-refractivity contribution in [2.24, 2.45) is 5.92 Å². The predicted octanol–water partition coefficient (Wildman–Crippen LogP) is 2.88. The number of aromatic nitrogens is 1. The average Bonchev–Trinajstić information content (AvgIpc) is 2.53. The average molecular weight is 407 g/mol. The largest absolute Gasteiger partial charge is 0.337 e. The third kappa shape index (κ3) is 4.16. The van der Waals surface area contributed by atoms with E-state index in [2.05, 4.69) is 5.32 Å².